The summed E-state index contributed by atoms with van der Waals surface area (Å²) in [6.45, 7) is 3.93. The Morgan fingerprint density at radius 1 is 1.38 bits per heavy atom. The molecule has 0 aliphatic rings. The molecule has 0 spiro atoms. The molecule has 0 rings (SSSR count). The summed E-state index contributed by atoms with van der Waals surface area (Å²) in [7, 11) is 0. The molecule has 0 saturated carbocycles. The van der Waals surface area contributed by atoms with Gasteiger partial charge in [-0.2, -0.15) is 0 Å². The van der Waals surface area contributed by atoms with Gasteiger partial charge in [0, 0.05) is 0 Å². The third kappa shape index (κ3) is 2.96. The Morgan fingerprint density at radius 3 is 2.00 bits per heavy atom. The molecule has 0 aromatic carbocycles. The van der Waals surface area contributed by atoms with Crippen molar-refractivity contribution in [2.24, 2.45) is 0 Å². The first-order valence-corrected chi connectivity index (χ1v) is 2.82. The van der Waals surface area contributed by atoms with Crippen LogP contribution in [0.1, 0.15) is 26.7 Å². The first-order chi connectivity index (χ1) is 3.85. The van der Waals surface area contributed by atoms with Crippen LogP contribution in [0.5, 0.6) is 0 Å². The molecule has 8 heavy (non-hydrogen) atoms. The van der Waals surface area contributed by atoms with Crippen LogP contribution in [0.25, 0.3) is 0 Å². The van der Waals surface area contributed by atoms with Gasteiger partial charge in [0.1, 0.15) is 0 Å². The number of rotatable bonds is 4. The molecule has 0 aromatic rings. The molecule has 0 aliphatic heterocycles. The van der Waals surface area contributed by atoms with Crippen molar-refractivity contribution < 1.29 is 15.2 Å². The van der Waals surface area contributed by atoms with Crippen molar-refractivity contribution in [3.05, 3.63) is 0 Å². The fraction of sp³-hybridized carbons (Fsp3) is 1.00. The molecular weight excluding hydrogens is 108 g/mol. The fourth-order valence-corrected chi connectivity index (χ4v) is 0.486. The van der Waals surface area contributed by atoms with Crippen molar-refractivity contribution in [3.8, 4) is 0 Å². The summed E-state index contributed by atoms with van der Waals surface area (Å²) in [6, 6.07) is 0. The number of hydrogen-bond acceptors (Lipinski definition) is 3. The minimum Gasteiger partial charge on any atom is -0.221 e. The zero-order chi connectivity index (χ0) is 6.41. The van der Waals surface area contributed by atoms with Crippen LogP contribution in [0, 0.1) is 0 Å². The Bertz CT molecular complexity index is 42.9. The maximum atomic E-state index is 7.78. The van der Waals surface area contributed by atoms with E-state index in [-0.39, 0.29) is 6.10 Å². The van der Waals surface area contributed by atoms with Gasteiger partial charge in [-0.05, 0) is 12.8 Å². The summed E-state index contributed by atoms with van der Waals surface area (Å²) in [5.74, 6) is 0. The second-order valence-corrected chi connectivity index (χ2v) is 1.61. The van der Waals surface area contributed by atoms with Crippen molar-refractivity contribution in [3.63, 3.8) is 0 Å². The molecule has 1 N–H and O–H groups in total. The smallest absolute Gasteiger partial charge is 0.0956 e. The van der Waals surface area contributed by atoms with Gasteiger partial charge >= 0.3 is 0 Å². The number of hydrogen-bond donors (Lipinski definition) is 1. The highest BCUT2D eigenvalue weighted by atomic mass is 17.5. The van der Waals surface area contributed by atoms with Gasteiger partial charge < -0.3 is 0 Å². The van der Waals surface area contributed by atoms with Crippen molar-refractivity contribution >= 4 is 0 Å². The van der Waals surface area contributed by atoms with E-state index < -0.39 is 0 Å². The highest BCUT2D eigenvalue weighted by Gasteiger charge is 2.01. The Labute approximate surface area is 49.1 Å². The zero-order valence-electron chi connectivity index (χ0n) is 5.26. The molecule has 0 bridgehead atoms. The van der Waals surface area contributed by atoms with Gasteiger partial charge in [-0.3, -0.25) is 0 Å². The molecule has 3 nitrogen and oxygen atoms in total. The van der Waals surface area contributed by atoms with Crippen LogP contribution in [0.2, 0.25) is 0 Å². The van der Waals surface area contributed by atoms with E-state index in [1.165, 1.54) is 0 Å². The molecule has 0 saturated heterocycles. The van der Waals surface area contributed by atoms with Crippen LogP contribution >= 0.6 is 0 Å². The van der Waals surface area contributed by atoms with Gasteiger partial charge in [0.15, 0.2) is 0 Å². The Balaban J connectivity index is 3.07. The molecule has 0 aliphatic carbocycles. The quantitative estimate of drug-likeness (QED) is 0.452. The van der Waals surface area contributed by atoms with Crippen LogP contribution in [-0.4, -0.2) is 11.4 Å². The van der Waals surface area contributed by atoms with Gasteiger partial charge in [0.25, 0.3) is 0 Å². The van der Waals surface area contributed by atoms with Gasteiger partial charge in [-0.1, -0.05) is 18.9 Å². The maximum absolute atomic E-state index is 7.78. The lowest BCUT2D eigenvalue weighted by Crippen LogP contribution is -2.08. The fourth-order valence-electron chi connectivity index (χ4n) is 0.486. The van der Waals surface area contributed by atoms with Crippen LogP contribution in [-0.2, 0) is 9.93 Å². The van der Waals surface area contributed by atoms with E-state index in [1.54, 1.807) is 0 Å². The molecule has 0 fully saturated rings. The second kappa shape index (κ2) is 5.03. The molecular formula is C5H12O3. The second-order valence-electron chi connectivity index (χ2n) is 1.61. The largest absolute Gasteiger partial charge is 0.221 e. The summed E-state index contributed by atoms with van der Waals surface area (Å²) in [4.78, 5) is 4.40. The lowest BCUT2D eigenvalue weighted by Gasteiger charge is -2.06. The molecule has 3 heteroatoms. The van der Waals surface area contributed by atoms with E-state index in [0.717, 1.165) is 12.8 Å². The topological polar surface area (TPSA) is 38.7 Å². The van der Waals surface area contributed by atoms with E-state index in [2.05, 4.69) is 9.93 Å². The molecule has 0 amide bonds. The lowest BCUT2D eigenvalue weighted by molar-refractivity contribution is -0.506. The van der Waals surface area contributed by atoms with Gasteiger partial charge in [-0.25, -0.2) is 10.1 Å². The maximum Gasteiger partial charge on any atom is 0.0956 e. The lowest BCUT2D eigenvalue weighted by atomic mass is 10.2. The van der Waals surface area contributed by atoms with Crippen LogP contribution in [0.15, 0.2) is 0 Å². The summed E-state index contributed by atoms with van der Waals surface area (Å²) in [5, 5.41) is 11.3. The SMILES string of the molecule is CCC(CC)OOO. The van der Waals surface area contributed by atoms with E-state index in [4.69, 9.17) is 5.26 Å². The van der Waals surface area contributed by atoms with Gasteiger partial charge in [0.2, 0.25) is 0 Å². The Morgan fingerprint density at radius 2 is 1.88 bits per heavy atom. The molecule has 0 radical (unpaired) electrons. The Kier molecular flexibility index (Phi) is 4.95. The predicted molar refractivity (Wildman–Crippen MR) is 29.2 cm³/mol. The molecule has 0 heterocycles. The predicted octanol–water partition coefficient (Wildman–Crippen LogP) is 1.60. The highest BCUT2D eigenvalue weighted by molar-refractivity contribution is 4.45. The monoisotopic (exact) mass is 120 g/mol. The third-order valence-corrected chi connectivity index (χ3v) is 1.09. The van der Waals surface area contributed by atoms with Crippen LogP contribution in [0.3, 0.4) is 0 Å². The van der Waals surface area contributed by atoms with Gasteiger partial charge in [0.05, 0.1) is 6.10 Å². The standard InChI is InChI=1S/C5H12O3/c1-3-5(4-2)7-8-6/h5-6H,3-4H2,1-2H3. The van der Waals surface area contributed by atoms with Crippen molar-refractivity contribution in [2.75, 3.05) is 0 Å². The molecule has 0 atom stereocenters. The van der Waals surface area contributed by atoms with E-state index in [9.17, 15) is 0 Å². The van der Waals surface area contributed by atoms with Crippen molar-refractivity contribution in [2.45, 2.75) is 32.8 Å². The van der Waals surface area contributed by atoms with Crippen molar-refractivity contribution in [1.29, 1.82) is 0 Å². The molecule has 0 unspecified atom stereocenters. The van der Waals surface area contributed by atoms with E-state index in [0.29, 0.717) is 0 Å². The Hall–Kier alpha value is -0.120. The van der Waals surface area contributed by atoms with E-state index in [1.807, 2.05) is 13.8 Å². The molecule has 0 aromatic heterocycles. The van der Waals surface area contributed by atoms with Gasteiger partial charge in [-0.15, -0.1) is 0 Å². The summed E-state index contributed by atoms with van der Waals surface area (Å²) < 4.78 is 0. The summed E-state index contributed by atoms with van der Waals surface area (Å²) in [6.07, 6.45) is 1.74. The average molecular weight is 120 g/mol. The average Bonchev–Trinajstić information content (AvgIpc) is 1.83. The van der Waals surface area contributed by atoms with Crippen molar-refractivity contribution in [1.82, 2.24) is 0 Å². The minimum absolute atomic E-state index is 0.0278. The normalized spacial score (nSPS) is 10.5. The third-order valence-electron chi connectivity index (χ3n) is 1.09. The van der Waals surface area contributed by atoms with Crippen LogP contribution < -0.4 is 0 Å². The summed E-state index contributed by atoms with van der Waals surface area (Å²) in [5.41, 5.74) is 0. The van der Waals surface area contributed by atoms with E-state index >= 15 is 0 Å². The highest BCUT2D eigenvalue weighted by Crippen LogP contribution is 2.00. The molecule has 50 valence electrons. The minimum atomic E-state index is 0.0278. The van der Waals surface area contributed by atoms with Crippen LogP contribution in [0.4, 0.5) is 0 Å². The first-order valence-electron chi connectivity index (χ1n) is 2.82. The zero-order valence-corrected chi connectivity index (χ0v) is 5.26. The first kappa shape index (κ1) is 7.88. The summed E-state index contributed by atoms with van der Waals surface area (Å²) >= 11 is 0.